The number of nitro groups is 1. The van der Waals surface area contributed by atoms with E-state index in [1.807, 2.05) is 48.5 Å². The second-order valence-corrected chi connectivity index (χ2v) is 15.2. The number of terminal acetylenes is 1. The zero-order valence-corrected chi connectivity index (χ0v) is 35.9. The number of carbonyl (C=O) groups excluding carboxylic acids is 6. The number of nitro benzene ring substituents is 1. The van der Waals surface area contributed by atoms with E-state index in [9.17, 15) is 38.9 Å². The van der Waals surface area contributed by atoms with Gasteiger partial charge in [-0.05, 0) is 76.4 Å². The van der Waals surface area contributed by atoms with Crippen LogP contribution in [0.5, 0.6) is 5.75 Å². The largest absolute Gasteiger partial charge is 0.514 e. The van der Waals surface area contributed by atoms with Crippen molar-refractivity contribution in [1.29, 1.82) is 0 Å². The monoisotopic (exact) mass is 891 g/mol. The number of primary amides is 1. The highest BCUT2D eigenvalue weighted by Gasteiger charge is 2.32. The van der Waals surface area contributed by atoms with Crippen molar-refractivity contribution in [2.45, 2.75) is 57.8 Å². The molecule has 0 saturated carbocycles. The Bertz CT molecular complexity index is 2390. The highest BCUT2D eigenvalue weighted by atomic mass is 16.7. The zero-order chi connectivity index (χ0) is 47.0. The predicted octanol–water partition coefficient (Wildman–Crippen LogP) is 5.95. The van der Waals surface area contributed by atoms with Gasteiger partial charge in [-0.15, -0.1) is 6.42 Å². The van der Waals surface area contributed by atoms with Gasteiger partial charge in [-0.2, -0.15) is 0 Å². The molecule has 65 heavy (non-hydrogen) atoms. The molecular weight excluding hydrogens is 843 g/mol. The number of non-ortho nitro benzene ring substituents is 1. The summed E-state index contributed by atoms with van der Waals surface area (Å²) in [6.07, 6.45) is 2.77. The van der Waals surface area contributed by atoms with Crippen LogP contribution in [0.25, 0.3) is 11.1 Å². The number of nitrogens with two attached hydrogens (primary N) is 1. The van der Waals surface area contributed by atoms with Crippen LogP contribution >= 0.6 is 0 Å². The Morgan fingerprint density at radius 2 is 1.52 bits per heavy atom. The second-order valence-electron chi connectivity index (χ2n) is 15.2. The summed E-state index contributed by atoms with van der Waals surface area (Å²) in [5.74, 6) is 0.219. The maximum Gasteiger partial charge on any atom is 0.514 e. The Morgan fingerprint density at radius 3 is 2.14 bits per heavy atom. The molecule has 2 atom stereocenters. The van der Waals surface area contributed by atoms with Gasteiger partial charge in [0.15, 0.2) is 6.61 Å². The number of urea groups is 1. The summed E-state index contributed by atoms with van der Waals surface area (Å²) in [5.41, 5.74) is 10.2. The molecule has 4 aromatic carbocycles. The first-order chi connectivity index (χ1) is 31.1. The first-order valence-electron chi connectivity index (χ1n) is 20.4. The van der Waals surface area contributed by atoms with Gasteiger partial charge in [-0.3, -0.25) is 19.7 Å². The molecule has 0 heterocycles. The predicted molar refractivity (Wildman–Crippen MR) is 236 cm³/mol. The second kappa shape index (κ2) is 22.8. The number of hydrogen-bond donors (Lipinski definition) is 5. The van der Waals surface area contributed by atoms with E-state index in [1.54, 1.807) is 13.8 Å². The Labute approximate surface area is 374 Å². The van der Waals surface area contributed by atoms with Crippen molar-refractivity contribution in [3.8, 4) is 29.2 Å². The molecule has 6 N–H and O–H groups in total. The molecule has 0 aromatic heterocycles. The van der Waals surface area contributed by atoms with E-state index in [2.05, 4.69) is 27.2 Å². The first-order valence-corrected chi connectivity index (χ1v) is 20.4. The summed E-state index contributed by atoms with van der Waals surface area (Å²) in [4.78, 5) is 89.2. The molecule has 0 bridgehead atoms. The van der Waals surface area contributed by atoms with Crippen LogP contribution in [-0.4, -0.2) is 84.9 Å². The molecular formula is C46H49N7O12. The lowest BCUT2D eigenvalue weighted by atomic mass is 9.98. The molecule has 340 valence electrons. The lowest BCUT2D eigenvalue weighted by Gasteiger charge is -2.25. The number of fused-ring (bicyclic) bond motifs is 3. The molecule has 1 aliphatic carbocycles. The van der Waals surface area contributed by atoms with Crippen molar-refractivity contribution in [3.05, 3.63) is 123 Å². The highest BCUT2D eigenvalue weighted by Crippen LogP contribution is 2.44. The average Bonchev–Trinajstić information content (AvgIpc) is 3.60. The van der Waals surface area contributed by atoms with E-state index in [1.165, 1.54) is 42.3 Å². The van der Waals surface area contributed by atoms with Gasteiger partial charge < -0.3 is 50.8 Å². The fourth-order valence-corrected chi connectivity index (χ4v) is 7.00. The van der Waals surface area contributed by atoms with Crippen LogP contribution in [0, 0.1) is 28.4 Å². The van der Waals surface area contributed by atoms with Crippen LogP contribution in [0.15, 0.2) is 91.0 Å². The van der Waals surface area contributed by atoms with Crippen molar-refractivity contribution in [1.82, 2.24) is 20.9 Å². The van der Waals surface area contributed by atoms with Crippen molar-refractivity contribution in [3.63, 3.8) is 0 Å². The van der Waals surface area contributed by atoms with Crippen molar-refractivity contribution >= 4 is 47.6 Å². The Balaban J connectivity index is 1.28. The lowest BCUT2D eigenvalue weighted by molar-refractivity contribution is -0.384. The minimum Gasteiger partial charge on any atom is -0.449 e. The van der Waals surface area contributed by atoms with Crippen LogP contribution in [0.4, 0.5) is 30.6 Å². The zero-order valence-electron chi connectivity index (χ0n) is 35.9. The normalized spacial score (nSPS) is 12.2. The van der Waals surface area contributed by atoms with Gasteiger partial charge in [-0.25, -0.2) is 19.2 Å². The molecule has 0 unspecified atom stereocenters. The SMILES string of the molecule is C#CCOC(=O)N(C)Cc1cc(NC(=O)[C@H](CCCNC(N)=O)NC(=O)[C@@H](NC(=O)OCC2c3ccccc3-c3ccccc32)C(C)C)ccc1COC(=O)Oc1ccc([N+](=O)[O-])cc1. The van der Waals surface area contributed by atoms with E-state index in [0.717, 1.165) is 34.4 Å². The topological polar surface area (TPSA) is 260 Å². The van der Waals surface area contributed by atoms with Crippen LogP contribution in [0.3, 0.4) is 0 Å². The van der Waals surface area contributed by atoms with Crippen molar-refractivity contribution < 1.29 is 52.6 Å². The van der Waals surface area contributed by atoms with Crippen LogP contribution in [0.2, 0.25) is 0 Å². The molecule has 5 rings (SSSR count). The Hall–Kier alpha value is -8.14. The maximum atomic E-state index is 14.0. The molecule has 0 aliphatic heterocycles. The number of carbonyl (C=O) groups is 6. The summed E-state index contributed by atoms with van der Waals surface area (Å²) in [6.45, 7) is 2.80. The molecule has 1 aliphatic rings. The number of nitrogens with zero attached hydrogens (tertiary/aromatic N) is 2. The van der Waals surface area contributed by atoms with E-state index in [0.29, 0.717) is 11.1 Å². The number of anilines is 1. The highest BCUT2D eigenvalue weighted by molar-refractivity contribution is 5.98. The van der Waals surface area contributed by atoms with E-state index in [-0.39, 0.29) is 68.8 Å². The van der Waals surface area contributed by atoms with Gasteiger partial charge in [0.25, 0.3) is 5.69 Å². The van der Waals surface area contributed by atoms with Gasteiger partial charge in [-0.1, -0.05) is 74.4 Å². The molecule has 6 amide bonds. The molecule has 4 aromatic rings. The third-order valence-electron chi connectivity index (χ3n) is 10.2. The summed E-state index contributed by atoms with van der Waals surface area (Å²) < 4.78 is 21.2. The molecule has 19 heteroatoms. The van der Waals surface area contributed by atoms with Crippen LogP contribution < -0.4 is 31.7 Å². The van der Waals surface area contributed by atoms with Crippen molar-refractivity contribution in [2.24, 2.45) is 11.7 Å². The summed E-state index contributed by atoms with van der Waals surface area (Å²) in [5, 5.41) is 21.6. The minimum absolute atomic E-state index is 0.00495. The molecule has 0 fully saturated rings. The molecule has 0 saturated heterocycles. The standard InChI is InChI=1S/C46H49N7O12/c1-5-23-62-45(58)52(4)25-30-24-31(17-16-29(30)26-64-46(59)65-33-20-18-32(19-21-33)53(60)61)49-41(54)39(15-10-22-48-43(47)56)50-42(55)40(28(2)3)51-44(57)63-27-38-36-13-8-6-11-34(36)35-12-7-9-14-37(35)38/h1,6-9,11-14,16-21,24,28,38-40H,10,15,22-23,25-27H2,2-4H3,(H,49,54)(H,50,55)(H,51,57)(H3,47,48,56)/t39-,40-/m0/s1. The minimum atomic E-state index is -1.19. The van der Waals surface area contributed by atoms with E-state index in [4.69, 9.17) is 31.1 Å². The fourth-order valence-electron chi connectivity index (χ4n) is 7.00. The molecule has 0 radical (unpaired) electrons. The number of ether oxygens (including phenoxy) is 4. The Kier molecular flexibility index (Phi) is 16.8. The fraction of sp³-hybridized carbons (Fsp3) is 0.304. The Morgan fingerprint density at radius 1 is 0.862 bits per heavy atom. The smallest absolute Gasteiger partial charge is 0.449 e. The molecule has 19 nitrogen and oxygen atoms in total. The number of alkyl carbamates (subject to hydrolysis) is 1. The van der Waals surface area contributed by atoms with Gasteiger partial charge in [0.05, 0.1) is 4.92 Å². The maximum absolute atomic E-state index is 14.0. The number of nitrogens with one attached hydrogen (secondary N) is 4. The third-order valence-corrected chi connectivity index (χ3v) is 10.2. The average molecular weight is 892 g/mol. The van der Waals surface area contributed by atoms with Gasteiger partial charge >= 0.3 is 24.4 Å². The van der Waals surface area contributed by atoms with Crippen LogP contribution in [-0.2, 0) is 37.0 Å². The first kappa shape index (κ1) is 47.9. The number of benzene rings is 4. The quantitative estimate of drug-likeness (QED) is 0.0139. The summed E-state index contributed by atoms with van der Waals surface area (Å²) >= 11 is 0. The lowest BCUT2D eigenvalue weighted by Crippen LogP contribution is -2.54. The van der Waals surface area contributed by atoms with Crippen molar-refractivity contribution in [2.75, 3.05) is 32.1 Å². The van der Waals surface area contributed by atoms with E-state index >= 15 is 0 Å². The number of amides is 6. The summed E-state index contributed by atoms with van der Waals surface area (Å²) in [7, 11) is 1.44. The van der Waals surface area contributed by atoms with E-state index < -0.39 is 59.1 Å². The number of hydrogen-bond acceptors (Lipinski definition) is 12. The van der Waals surface area contributed by atoms with Gasteiger partial charge in [0, 0.05) is 43.9 Å². The van der Waals surface area contributed by atoms with Gasteiger partial charge in [0.1, 0.15) is 31.0 Å². The van der Waals surface area contributed by atoms with Crippen LogP contribution in [0.1, 0.15) is 54.9 Å². The number of rotatable bonds is 19. The molecule has 0 spiro atoms. The third kappa shape index (κ3) is 13.4. The summed E-state index contributed by atoms with van der Waals surface area (Å²) in [6, 6.07) is 22.0. The van der Waals surface area contributed by atoms with Gasteiger partial charge in [0.2, 0.25) is 11.8 Å².